The molecule has 0 bridgehead atoms. The van der Waals surface area contributed by atoms with Crippen LogP contribution in [0.3, 0.4) is 0 Å². The highest BCUT2D eigenvalue weighted by Crippen LogP contribution is 2.45. The summed E-state index contributed by atoms with van der Waals surface area (Å²) in [6.45, 7) is 16.1. The Balaban J connectivity index is 1.56. The Morgan fingerprint density at radius 3 is 2.16 bits per heavy atom. The summed E-state index contributed by atoms with van der Waals surface area (Å²) >= 11 is 0. The molecule has 0 saturated carbocycles. The first kappa shape index (κ1) is 21.9. The minimum absolute atomic E-state index is 0.242. The fraction of sp³-hybridized carbons (Fsp3) is 0.419. The van der Waals surface area contributed by atoms with E-state index in [0.717, 1.165) is 0 Å². The predicted octanol–water partition coefficient (Wildman–Crippen LogP) is 9.31. The summed E-state index contributed by atoms with van der Waals surface area (Å²) < 4.78 is 0. The van der Waals surface area contributed by atoms with Crippen LogP contribution in [-0.4, -0.2) is 0 Å². The zero-order chi connectivity index (χ0) is 22.3. The number of hydrogen-bond donors (Lipinski definition) is 0. The van der Waals surface area contributed by atoms with Gasteiger partial charge in [0.1, 0.15) is 0 Å². The van der Waals surface area contributed by atoms with E-state index >= 15 is 0 Å². The van der Waals surface area contributed by atoms with Gasteiger partial charge in [-0.25, -0.2) is 0 Å². The quantitative estimate of drug-likeness (QED) is 0.460. The zero-order valence-electron chi connectivity index (χ0n) is 20.4. The molecule has 2 aliphatic rings. The van der Waals surface area contributed by atoms with E-state index in [-0.39, 0.29) is 5.41 Å². The van der Waals surface area contributed by atoms with E-state index in [9.17, 15) is 0 Å². The first-order valence-electron chi connectivity index (χ1n) is 12.0. The van der Waals surface area contributed by atoms with Crippen LogP contribution in [-0.2, 0) is 0 Å². The van der Waals surface area contributed by atoms with Crippen LogP contribution < -0.4 is 0 Å². The van der Waals surface area contributed by atoms with Crippen LogP contribution in [0.5, 0.6) is 0 Å². The Hall–Kier alpha value is -2.34. The lowest BCUT2D eigenvalue weighted by Crippen LogP contribution is -2.06. The van der Waals surface area contributed by atoms with Crippen molar-refractivity contribution in [3.8, 4) is 11.1 Å². The molecule has 4 rings (SSSR count). The van der Waals surface area contributed by atoms with Gasteiger partial charge in [0.25, 0.3) is 0 Å². The molecule has 0 aromatic heterocycles. The van der Waals surface area contributed by atoms with E-state index in [4.69, 9.17) is 0 Å². The maximum Gasteiger partial charge on any atom is 0.00552 e. The van der Waals surface area contributed by atoms with Gasteiger partial charge < -0.3 is 0 Å². The Bertz CT molecular complexity index is 1050. The van der Waals surface area contributed by atoms with Gasteiger partial charge in [-0.3, -0.25) is 0 Å². The van der Waals surface area contributed by atoms with E-state index in [1.807, 2.05) is 0 Å². The van der Waals surface area contributed by atoms with Crippen molar-refractivity contribution in [3.05, 3.63) is 88.0 Å². The van der Waals surface area contributed by atoms with E-state index in [1.54, 1.807) is 0 Å². The fourth-order valence-electron chi connectivity index (χ4n) is 5.18. The minimum Gasteiger partial charge on any atom is -0.0736 e. The molecule has 0 amide bonds. The molecule has 0 N–H and O–H groups in total. The highest BCUT2D eigenvalue weighted by molar-refractivity contribution is 5.81. The normalized spacial score (nSPS) is 20.6. The lowest BCUT2D eigenvalue weighted by atomic mass is 9.85. The van der Waals surface area contributed by atoms with Gasteiger partial charge in [-0.15, -0.1) is 0 Å². The number of hydrogen-bond acceptors (Lipinski definition) is 0. The van der Waals surface area contributed by atoms with Crippen LogP contribution in [0.4, 0.5) is 0 Å². The van der Waals surface area contributed by atoms with Gasteiger partial charge in [-0.1, -0.05) is 106 Å². The molecule has 2 aromatic carbocycles. The first-order valence-corrected chi connectivity index (χ1v) is 12.0. The molecule has 0 radical (unpaired) electrons. The van der Waals surface area contributed by atoms with E-state index in [2.05, 4.69) is 109 Å². The molecule has 0 spiro atoms. The van der Waals surface area contributed by atoms with Gasteiger partial charge in [0.15, 0.2) is 0 Å². The van der Waals surface area contributed by atoms with E-state index in [1.165, 1.54) is 57.4 Å². The van der Waals surface area contributed by atoms with Crippen molar-refractivity contribution in [3.63, 3.8) is 0 Å². The van der Waals surface area contributed by atoms with E-state index < -0.39 is 0 Å². The summed E-state index contributed by atoms with van der Waals surface area (Å²) in [6, 6.07) is 16.1. The second-order valence-corrected chi connectivity index (χ2v) is 11.0. The average Bonchev–Trinajstić information content (AvgIpc) is 3.25. The third-order valence-corrected chi connectivity index (χ3v) is 7.31. The summed E-state index contributed by atoms with van der Waals surface area (Å²) in [5.74, 6) is 1.71. The van der Waals surface area contributed by atoms with Gasteiger partial charge in [-0.2, -0.15) is 0 Å². The molecule has 2 atom stereocenters. The van der Waals surface area contributed by atoms with Gasteiger partial charge >= 0.3 is 0 Å². The van der Waals surface area contributed by atoms with Crippen LogP contribution >= 0.6 is 0 Å². The van der Waals surface area contributed by atoms with Gasteiger partial charge in [0.05, 0.1) is 0 Å². The summed E-state index contributed by atoms with van der Waals surface area (Å²) in [4.78, 5) is 0. The van der Waals surface area contributed by atoms with Crippen molar-refractivity contribution in [1.29, 1.82) is 0 Å². The molecule has 0 aliphatic heterocycles. The van der Waals surface area contributed by atoms with Crippen molar-refractivity contribution in [2.75, 3.05) is 0 Å². The minimum atomic E-state index is 0.242. The third-order valence-electron chi connectivity index (χ3n) is 7.31. The zero-order valence-corrected chi connectivity index (χ0v) is 20.4. The molecular formula is C31H38. The Morgan fingerprint density at radius 2 is 1.55 bits per heavy atom. The standard InChI is InChI=1S/C31H38/c1-20(2)23-11-13-24(14-12-23)28-9-8-10-29-27(22(4)18-30(28)29)16-15-25-19-26(17-21(25)3)31(5,6)7/h8-14,17-20,25,27H,15-16H2,1-7H3. The molecule has 2 aromatic rings. The van der Waals surface area contributed by atoms with Crippen molar-refractivity contribution in [1.82, 2.24) is 0 Å². The van der Waals surface area contributed by atoms with Crippen molar-refractivity contribution in [2.45, 2.75) is 73.1 Å². The Morgan fingerprint density at radius 1 is 0.839 bits per heavy atom. The third kappa shape index (κ3) is 4.36. The highest BCUT2D eigenvalue weighted by atomic mass is 14.3. The van der Waals surface area contributed by atoms with Crippen LogP contribution in [0.2, 0.25) is 0 Å². The highest BCUT2D eigenvalue weighted by Gasteiger charge is 2.28. The topological polar surface area (TPSA) is 0 Å². The molecule has 2 aliphatic carbocycles. The lowest BCUT2D eigenvalue weighted by molar-refractivity contribution is 0.513. The second-order valence-electron chi connectivity index (χ2n) is 11.0. The summed E-state index contributed by atoms with van der Waals surface area (Å²) in [5, 5.41) is 0. The average molecular weight is 411 g/mol. The molecule has 0 fully saturated rings. The molecular weight excluding hydrogens is 372 g/mol. The van der Waals surface area contributed by atoms with Crippen molar-refractivity contribution >= 4 is 6.08 Å². The number of benzene rings is 2. The lowest BCUT2D eigenvalue weighted by Gasteiger charge is -2.19. The summed E-state index contributed by atoms with van der Waals surface area (Å²) in [5.41, 5.74) is 11.9. The summed E-state index contributed by atoms with van der Waals surface area (Å²) in [6.07, 6.45) is 9.84. The van der Waals surface area contributed by atoms with Crippen LogP contribution in [0.25, 0.3) is 17.2 Å². The number of rotatable bonds is 5. The SMILES string of the molecule is CC1=CC(C(C)(C)C)=CC1CCC1C(C)=Cc2c(-c3ccc(C(C)C)cc3)cccc21. The van der Waals surface area contributed by atoms with Crippen molar-refractivity contribution in [2.24, 2.45) is 11.3 Å². The molecule has 0 saturated heterocycles. The molecule has 162 valence electrons. The first-order chi connectivity index (χ1) is 14.6. The Labute approximate surface area is 189 Å². The van der Waals surface area contributed by atoms with Gasteiger partial charge in [-0.05, 0) is 77.3 Å². The Kier molecular flexibility index (Phi) is 5.86. The van der Waals surface area contributed by atoms with Crippen LogP contribution in [0.1, 0.15) is 89.8 Å². The molecule has 0 heterocycles. The molecule has 0 heteroatoms. The maximum absolute atomic E-state index is 2.52. The monoisotopic (exact) mass is 410 g/mol. The van der Waals surface area contributed by atoms with Gasteiger partial charge in [0.2, 0.25) is 0 Å². The van der Waals surface area contributed by atoms with Crippen LogP contribution in [0, 0.1) is 11.3 Å². The predicted molar refractivity (Wildman–Crippen MR) is 136 cm³/mol. The second kappa shape index (κ2) is 8.30. The van der Waals surface area contributed by atoms with Gasteiger partial charge in [0, 0.05) is 5.92 Å². The maximum atomic E-state index is 2.52. The fourth-order valence-corrected chi connectivity index (χ4v) is 5.18. The van der Waals surface area contributed by atoms with E-state index in [0.29, 0.717) is 17.8 Å². The number of fused-ring (bicyclic) bond motifs is 1. The smallest absolute Gasteiger partial charge is 0.00552 e. The summed E-state index contributed by atoms with van der Waals surface area (Å²) in [7, 11) is 0. The molecule has 0 nitrogen and oxygen atoms in total. The molecule has 31 heavy (non-hydrogen) atoms. The largest absolute Gasteiger partial charge is 0.0736 e. The van der Waals surface area contributed by atoms with Crippen molar-refractivity contribution < 1.29 is 0 Å². The number of allylic oxidation sites excluding steroid dienone is 5. The molecule has 2 unspecified atom stereocenters. The van der Waals surface area contributed by atoms with Crippen LogP contribution in [0.15, 0.2) is 71.3 Å².